The van der Waals surface area contributed by atoms with Crippen molar-refractivity contribution < 1.29 is 4.79 Å². The minimum Gasteiger partial charge on any atom is -0.350 e. The SMILES string of the molecule is CCC/C=C(/C=N/NC(N)=O)CC. The largest absolute Gasteiger partial charge is 0.350 e. The van der Waals surface area contributed by atoms with E-state index in [0.717, 1.165) is 24.8 Å². The topological polar surface area (TPSA) is 67.5 Å². The third kappa shape index (κ3) is 7.05. The molecule has 0 aliphatic heterocycles. The highest BCUT2D eigenvalue weighted by Gasteiger charge is 1.89. The van der Waals surface area contributed by atoms with Gasteiger partial charge in [-0.2, -0.15) is 5.10 Å². The summed E-state index contributed by atoms with van der Waals surface area (Å²) in [6, 6.07) is -0.637. The first kappa shape index (κ1) is 11.7. The number of unbranched alkanes of at least 4 members (excludes halogenated alkanes) is 1. The van der Waals surface area contributed by atoms with Crippen LogP contribution in [0.25, 0.3) is 0 Å². The van der Waals surface area contributed by atoms with E-state index in [1.54, 1.807) is 6.21 Å². The van der Waals surface area contributed by atoms with Crippen LogP contribution in [-0.4, -0.2) is 12.2 Å². The molecule has 0 spiro atoms. The van der Waals surface area contributed by atoms with Crippen molar-refractivity contribution in [3.63, 3.8) is 0 Å². The van der Waals surface area contributed by atoms with Crippen molar-refractivity contribution in [3.8, 4) is 0 Å². The molecule has 0 aromatic heterocycles. The van der Waals surface area contributed by atoms with E-state index in [1.165, 1.54) is 0 Å². The van der Waals surface area contributed by atoms with Crippen molar-refractivity contribution in [1.29, 1.82) is 0 Å². The highest BCUT2D eigenvalue weighted by molar-refractivity contribution is 5.80. The number of hydrogen-bond donors (Lipinski definition) is 2. The maximum absolute atomic E-state index is 10.3. The van der Waals surface area contributed by atoms with Gasteiger partial charge < -0.3 is 5.73 Å². The summed E-state index contributed by atoms with van der Waals surface area (Å²) >= 11 is 0. The van der Waals surface area contributed by atoms with Gasteiger partial charge >= 0.3 is 6.03 Å². The van der Waals surface area contributed by atoms with Crippen molar-refractivity contribution in [1.82, 2.24) is 5.43 Å². The molecule has 0 aromatic carbocycles. The molecule has 2 amide bonds. The van der Waals surface area contributed by atoms with E-state index < -0.39 is 6.03 Å². The Labute approximate surface area is 78.9 Å². The summed E-state index contributed by atoms with van der Waals surface area (Å²) in [5.74, 6) is 0. The zero-order valence-corrected chi connectivity index (χ0v) is 8.21. The monoisotopic (exact) mass is 183 g/mol. The summed E-state index contributed by atoms with van der Waals surface area (Å²) in [5.41, 5.74) is 8.10. The first-order chi connectivity index (χ1) is 6.20. The van der Waals surface area contributed by atoms with E-state index in [1.807, 2.05) is 6.92 Å². The molecule has 0 aromatic rings. The average molecular weight is 183 g/mol. The quantitative estimate of drug-likeness (QED) is 0.495. The van der Waals surface area contributed by atoms with Crippen LogP contribution in [0.1, 0.15) is 33.1 Å². The normalized spacial score (nSPS) is 12.0. The van der Waals surface area contributed by atoms with Gasteiger partial charge in [-0.05, 0) is 18.4 Å². The molecule has 0 heterocycles. The number of amides is 2. The van der Waals surface area contributed by atoms with Gasteiger partial charge in [0.1, 0.15) is 0 Å². The van der Waals surface area contributed by atoms with Crippen LogP contribution in [0.2, 0.25) is 0 Å². The molecule has 0 saturated heterocycles. The molecule has 13 heavy (non-hydrogen) atoms. The van der Waals surface area contributed by atoms with E-state index in [9.17, 15) is 4.79 Å². The molecule has 3 N–H and O–H groups in total. The van der Waals surface area contributed by atoms with E-state index in [2.05, 4.69) is 23.5 Å². The second-order valence-electron chi connectivity index (χ2n) is 2.66. The first-order valence-corrected chi connectivity index (χ1v) is 4.48. The van der Waals surface area contributed by atoms with Gasteiger partial charge in [-0.3, -0.25) is 0 Å². The molecule has 0 saturated carbocycles. The van der Waals surface area contributed by atoms with Crippen LogP contribution in [0, 0.1) is 0 Å². The average Bonchev–Trinajstić information content (AvgIpc) is 2.10. The second kappa shape index (κ2) is 7.34. The van der Waals surface area contributed by atoms with Crippen molar-refractivity contribution in [2.45, 2.75) is 33.1 Å². The molecule has 0 unspecified atom stereocenters. The number of nitrogens with one attached hydrogen (secondary N) is 1. The molecule has 0 radical (unpaired) electrons. The summed E-state index contributed by atoms with van der Waals surface area (Å²) in [7, 11) is 0. The first-order valence-electron chi connectivity index (χ1n) is 4.48. The third-order valence-corrected chi connectivity index (χ3v) is 1.51. The number of rotatable bonds is 5. The van der Waals surface area contributed by atoms with Crippen LogP contribution in [-0.2, 0) is 0 Å². The number of carbonyl (C=O) groups is 1. The summed E-state index contributed by atoms with van der Waals surface area (Å²) in [5, 5.41) is 3.68. The van der Waals surface area contributed by atoms with Gasteiger partial charge in [-0.25, -0.2) is 10.2 Å². The molecule has 0 fully saturated rings. The molecule has 0 atom stereocenters. The number of allylic oxidation sites excluding steroid dienone is 2. The van der Waals surface area contributed by atoms with Crippen molar-refractivity contribution in [2.75, 3.05) is 0 Å². The highest BCUT2D eigenvalue weighted by Crippen LogP contribution is 2.00. The Bertz CT molecular complexity index is 209. The van der Waals surface area contributed by atoms with Crippen LogP contribution in [0.5, 0.6) is 0 Å². The Morgan fingerprint density at radius 2 is 2.23 bits per heavy atom. The Morgan fingerprint density at radius 3 is 2.69 bits per heavy atom. The summed E-state index contributed by atoms with van der Waals surface area (Å²) in [4.78, 5) is 10.3. The van der Waals surface area contributed by atoms with Crippen LogP contribution in [0.3, 0.4) is 0 Å². The lowest BCUT2D eigenvalue weighted by Gasteiger charge is -1.96. The van der Waals surface area contributed by atoms with Gasteiger partial charge in [0, 0.05) is 0 Å². The Morgan fingerprint density at radius 1 is 1.54 bits per heavy atom. The molecule has 74 valence electrons. The van der Waals surface area contributed by atoms with Crippen molar-refractivity contribution in [3.05, 3.63) is 11.6 Å². The van der Waals surface area contributed by atoms with Crippen LogP contribution in [0.15, 0.2) is 16.8 Å². The van der Waals surface area contributed by atoms with Gasteiger partial charge in [0.2, 0.25) is 0 Å². The summed E-state index contributed by atoms with van der Waals surface area (Å²) in [6.07, 6.45) is 6.78. The lowest BCUT2D eigenvalue weighted by molar-refractivity contribution is 0.249. The number of hydrogen-bond acceptors (Lipinski definition) is 2. The summed E-state index contributed by atoms with van der Waals surface area (Å²) < 4.78 is 0. The lowest BCUT2D eigenvalue weighted by atomic mass is 10.2. The molecule has 0 aliphatic rings. The number of nitrogens with two attached hydrogens (primary N) is 1. The van der Waals surface area contributed by atoms with E-state index in [0.29, 0.717) is 0 Å². The number of nitrogens with zero attached hydrogens (tertiary/aromatic N) is 1. The zero-order valence-electron chi connectivity index (χ0n) is 8.21. The van der Waals surface area contributed by atoms with Gasteiger partial charge in [0.25, 0.3) is 0 Å². The van der Waals surface area contributed by atoms with Crippen molar-refractivity contribution in [2.24, 2.45) is 10.8 Å². The minimum atomic E-state index is -0.637. The molecule has 0 aliphatic carbocycles. The molecule has 0 rings (SSSR count). The predicted molar refractivity (Wildman–Crippen MR) is 54.5 cm³/mol. The van der Waals surface area contributed by atoms with Gasteiger partial charge in [-0.15, -0.1) is 0 Å². The fourth-order valence-corrected chi connectivity index (χ4v) is 0.797. The fraction of sp³-hybridized carbons (Fsp3) is 0.556. The predicted octanol–water partition coefficient (Wildman–Crippen LogP) is 1.78. The Hall–Kier alpha value is -1.32. The Balaban J connectivity index is 3.96. The second-order valence-corrected chi connectivity index (χ2v) is 2.66. The Kier molecular flexibility index (Phi) is 6.59. The molecule has 4 heteroatoms. The van der Waals surface area contributed by atoms with Gasteiger partial charge in [0.15, 0.2) is 0 Å². The van der Waals surface area contributed by atoms with E-state index >= 15 is 0 Å². The zero-order chi connectivity index (χ0) is 10.1. The molecule has 0 bridgehead atoms. The van der Waals surface area contributed by atoms with Crippen LogP contribution in [0.4, 0.5) is 4.79 Å². The summed E-state index contributed by atoms with van der Waals surface area (Å²) in [6.45, 7) is 4.15. The molecular formula is C9H17N3O. The smallest absolute Gasteiger partial charge is 0.332 e. The fourth-order valence-electron chi connectivity index (χ4n) is 0.797. The lowest BCUT2D eigenvalue weighted by Crippen LogP contribution is -2.24. The maximum atomic E-state index is 10.3. The highest BCUT2D eigenvalue weighted by atomic mass is 16.2. The van der Waals surface area contributed by atoms with E-state index in [-0.39, 0.29) is 0 Å². The maximum Gasteiger partial charge on any atom is 0.332 e. The number of primary amides is 1. The van der Waals surface area contributed by atoms with Crippen LogP contribution >= 0.6 is 0 Å². The number of carbonyl (C=O) groups excluding carboxylic acids is 1. The standard InChI is InChI=1S/C9H17N3O/c1-3-5-6-8(4-2)7-11-12-9(10)13/h6-7H,3-5H2,1-2H3,(H3,10,12,13)/b8-6+,11-7+. The van der Waals surface area contributed by atoms with Crippen molar-refractivity contribution >= 4 is 12.2 Å². The number of hydrazone groups is 1. The van der Waals surface area contributed by atoms with Crippen LogP contribution < -0.4 is 11.2 Å². The van der Waals surface area contributed by atoms with Gasteiger partial charge in [-0.1, -0.05) is 26.3 Å². The molecule has 4 nitrogen and oxygen atoms in total. The molecular weight excluding hydrogens is 166 g/mol. The third-order valence-electron chi connectivity index (χ3n) is 1.51. The van der Waals surface area contributed by atoms with Gasteiger partial charge in [0.05, 0.1) is 6.21 Å². The van der Waals surface area contributed by atoms with E-state index in [4.69, 9.17) is 5.73 Å². The minimum absolute atomic E-state index is 0.637. The number of urea groups is 1.